The Balaban J connectivity index is 0.00000220. The number of hydrogen-bond acceptors (Lipinski definition) is 4. The highest BCUT2D eigenvalue weighted by Gasteiger charge is 2.18. The van der Waals surface area contributed by atoms with E-state index in [1.165, 1.54) is 11.1 Å². The molecule has 0 atom stereocenters. The van der Waals surface area contributed by atoms with Gasteiger partial charge >= 0.3 is 0 Å². The zero-order chi connectivity index (χ0) is 14.4. The summed E-state index contributed by atoms with van der Waals surface area (Å²) < 4.78 is 10.1. The molecule has 0 aromatic heterocycles. The van der Waals surface area contributed by atoms with E-state index >= 15 is 0 Å². The number of carbonyl (C=O) groups is 1. The lowest BCUT2D eigenvalue weighted by molar-refractivity contribution is 0.0627. The molecule has 21 heavy (non-hydrogen) atoms. The predicted molar refractivity (Wildman–Crippen MR) is 83.9 cm³/mol. The average Bonchev–Trinajstić information content (AvgIpc) is 2.94. The summed E-state index contributed by atoms with van der Waals surface area (Å²) in [6.45, 7) is 3.94. The summed E-state index contributed by atoms with van der Waals surface area (Å²) in [5.41, 5.74) is 3.23. The van der Waals surface area contributed by atoms with E-state index in [1.807, 2.05) is 18.2 Å². The first kappa shape index (κ1) is 17.9. The van der Waals surface area contributed by atoms with Crippen molar-refractivity contribution >= 4 is 18.3 Å². The Morgan fingerprint density at radius 3 is 2.38 bits per heavy atom. The molecular weight excluding hydrogens is 292 g/mol. The fourth-order valence-corrected chi connectivity index (χ4v) is 2.33. The fourth-order valence-electron chi connectivity index (χ4n) is 2.33. The molecule has 2 rings (SSSR count). The molecule has 1 aliphatic heterocycles. The van der Waals surface area contributed by atoms with Crippen LogP contribution < -0.4 is 5.32 Å². The molecule has 5 nitrogen and oxygen atoms in total. The van der Waals surface area contributed by atoms with Gasteiger partial charge in [-0.2, -0.15) is 0 Å². The summed E-state index contributed by atoms with van der Waals surface area (Å²) in [5, 5.41) is 3.29. The van der Waals surface area contributed by atoms with E-state index in [9.17, 15) is 4.79 Å². The van der Waals surface area contributed by atoms with Gasteiger partial charge in [0.25, 0.3) is 5.91 Å². The van der Waals surface area contributed by atoms with Crippen molar-refractivity contribution in [2.24, 2.45) is 0 Å². The highest BCUT2D eigenvalue weighted by molar-refractivity contribution is 5.94. The standard InChI is InChI=1S/C15H22N2O3.ClH/c1-19-7-5-17(6-8-20-2)15(18)12-3-4-13-10-16-11-14(13)9-12;/h3-4,9,16H,5-8,10-11H2,1-2H3;1H. The monoisotopic (exact) mass is 314 g/mol. The third kappa shape index (κ3) is 4.68. The number of halogens is 1. The summed E-state index contributed by atoms with van der Waals surface area (Å²) in [5.74, 6) is 0.0359. The van der Waals surface area contributed by atoms with Gasteiger partial charge in [-0.05, 0) is 23.3 Å². The van der Waals surface area contributed by atoms with Gasteiger partial charge in [0.1, 0.15) is 0 Å². The molecule has 0 fully saturated rings. The smallest absolute Gasteiger partial charge is 0.254 e. The minimum atomic E-state index is 0. The molecule has 0 bridgehead atoms. The first-order valence-electron chi connectivity index (χ1n) is 6.86. The lowest BCUT2D eigenvalue weighted by Gasteiger charge is -2.22. The van der Waals surface area contributed by atoms with Crippen molar-refractivity contribution in [2.45, 2.75) is 13.1 Å². The normalized spacial score (nSPS) is 12.7. The Hall–Kier alpha value is -1.14. The lowest BCUT2D eigenvalue weighted by atomic mass is 10.1. The number of nitrogens with zero attached hydrogens (tertiary/aromatic N) is 1. The van der Waals surface area contributed by atoms with Crippen LogP contribution in [0, 0.1) is 0 Å². The van der Waals surface area contributed by atoms with Crippen molar-refractivity contribution in [1.29, 1.82) is 0 Å². The molecule has 0 saturated carbocycles. The van der Waals surface area contributed by atoms with Crippen molar-refractivity contribution in [3.05, 3.63) is 34.9 Å². The quantitative estimate of drug-likeness (QED) is 0.827. The number of rotatable bonds is 7. The summed E-state index contributed by atoms with van der Waals surface area (Å²) in [6, 6.07) is 5.93. The average molecular weight is 315 g/mol. The van der Waals surface area contributed by atoms with Crippen molar-refractivity contribution in [2.75, 3.05) is 40.5 Å². The van der Waals surface area contributed by atoms with Crippen LogP contribution in [0.3, 0.4) is 0 Å². The number of carbonyl (C=O) groups excluding carboxylic acids is 1. The number of hydrogen-bond donors (Lipinski definition) is 1. The third-order valence-corrected chi connectivity index (χ3v) is 3.50. The Morgan fingerprint density at radius 1 is 1.14 bits per heavy atom. The molecule has 0 saturated heterocycles. The summed E-state index contributed by atoms with van der Waals surface area (Å²) >= 11 is 0. The molecule has 1 aliphatic rings. The second-order valence-corrected chi connectivity index (χ2v) is 4.86. The van der Waals surface area contributed by atoms with E-state index in [1.54, 1.807) is 19.1 Å². The molecule has 118 valence electrons. The maximum Gasteiger partial charge on any atom is 0.254 e. The summed E-state index contributed by atoms with van der Waals surface area (Å²) in [4.78, 5) is 14.3. The number of amides is 1. The summed E-state index contributed by atoms with van der Waals surface area (Å²) in [7, 11) is 3.28. The molecule has 0 unspecified atom stereocenters. The van der Waals surface area contributed by atoms with Crippen LogP contribution >= 0.6 is 12.4 Å². The number of fused-ring (bicyclic) bond motifs is 1. The van der Waals surface area contributed by atoms with Crippen LogP contribution in [0.1, 0.15) is 21.5 Å². The van der Waals surface area contributed by atoms with Gasteiger partial charge in [0.05, 0.1) is 13.2 Å². The minimum Gasteiger partial charge on any atom is -0.383 e. The van der Waals surface area contributed by atoms with Gasteiger partial charge in [0.2, 0.25) is 0 Å². The van der Waals surface area contributed by atoms with E-state index in [2.05, 4.69) is 5.32 Å². The number of methoxy groups -OCH3 is 2. The van der Waals surface area contributed by atoms with Crippen molar-refractivity contribution in [3.63, 3.8) is 0 Å². The van der Waals surface area contributed by atoms with Gasteiger partial charge in [-0.25, -0.2) is 0 Å². The Labute approximate surface area is 132 Å². The summed E-state index contributed by atoms with van der Waals surface area (Å²) in [6.07, 6.45) is 0. The largest absolute Gasteiger partial charge is 0.383 e. The van der Waals surface area contributed by atoms with Crippen molar-refractivity contribution < 1.29 is 14.3 Å². The topological polar surface area (TPSA) is 50.8 Å². The Morgan fingerprint density at radius 2 is 1.76 bits per heavy atom. The van der Waals surface area contributed by atoms with Crippen LogP contribution in [0.15, 0.2) is 18.2 Å². The molecule has 0 radical (unpaired) electrons. The van der Waals surface area contributed by atoms with Gasteiger partial charge in [0.15, 0.2) is 0 Å². The van der Waals surface area contributed by atoms with Gasteiger partial charge < -0.3 is 19.7 Å². The van der Waals surface area contributed by atoms with Gasteiger partial charge in [-0.3, -0.25) is 4.79 Å². The second kappa shape index (κ2) is 9.00. The zero-order valence-corrected chi connectivity index (χ0v) is 13.4. The Bertz CT molecular complexity index is 460. The number of benzene rings is 1. The number of nitrogens with one attached hydrogen (secondary N) is 1. The molecule has 1 N–H and O–H groups in total. The maximum atomic E-state index is 12.6. The second-order valence-electron chi connectivity index (χ2n) is 4.86. The van der Waals surface area contributed by atoms with Crippen LogP contribution in [0.5, 0.6) is 0 Å². The van der Waals surface area contributed by atoms with E-state index in [0.717, 1.165) is 18.7 Å². The van der Waals surface area contributed by atoms with Crippen LogP contribution in [0.2, 0.25) is 0 Å². The van der Waals surface area contributed by atoms with Gasteiger partial charge in [0, 0.05) is 46.0 Å². The highest BCUT2D eigenvalue weighted by atomic mass is 35.5. The first-order valence-corrected chi connectivity index (χ1v) is 6.86. The molecule has 1 aromatic rings. The molecule has 0 aliphatic carbocycles. The predicted octanol–water partition coefficient (Wildman–Crippen LogP) is 1.45. The van der Waals surface area contributed by atoms with Crippen LogP contribution in [0.4, 0.5) is 0 Å². The van der Waals surface area contributed by atoms with Crippen LogP contribution in [-0.2, 0) is 22.6 Å². The highest BCUT2D eigenvalue weighted by Crippen LogP contribution is 2.18. The van der Waals surface area contributed by atoms with E-state index in [-0.39, 0.29) is 18.3 Å². The molecule has 1 aromatic carbocycles. The third-order valence-electron chi connectivity index (χ3n) is 3.50. The molecule has 1 heterocycles. The fraction of sp³-hybridized carbons (Fsp3) is 0.533. The molecule has 6 heteroatoms. The van der Waals surface area contributed by atoms with Gasteiger partial charge in [-0.1, -0.05) is 6.07 Å². The zero-order valence-electron chi connectivity index (χ0n) is 12.6. The molecule has 1 amide bonds. The lowest BCUT2D eigenvalue weighted by Crippen LogP contribution is -2.36. The van der Waals surface area contributed by atoms with E-state index in [4.69, 9.17) is 9.47 Å². The van der Waals surface area contributed by atoms with Crippen molar-refractivity contribution in [1.82, 2.24) is 10.2 Å². The first-order chi connectivity index (χ1) is 9.76. The molecular formula is C15H23ClN2O3. The van der Waals surface area contributed by atoms with Crippen LogP contribution in [0.25, 0.3) is 0 Å². The van der Waals surface area contributed by atoms with Crippen molar-refractivity contribution in [3.8, 4) is 0 Å². The minimum absolute atomic E-state index is 0. The maximum absolute atomic E-state index is 12.6. The van der Waals surface area contributed by atoms with Gasteiger partial charge in [-0.15, -0.1) is 12.4 Å². The van der Waals surface area contributed by atoms with E-state index < -0.39 is 0 Å². The number of ether oxygens (including phenoxy) is 2. The van der Waals surface area contributed by atoms with Crippen LogP contribution in [-0.4, -0.2) is 51.3 Å². The Kier molecular flexibility index (Phi) is 7.67. The van der Waals surface area contributed by atoms with E-state index in [0.29, 0.717) is 26.3 Å². The molecule has 0 spiro atoms. The SMILES string of the molecule is COCCN(CCOC)C(=O)c1ccc2c(c1)CNC2.Cl.